The van der Waals surface area contributed by atoms with Crippen molar-refractivity contribution >= 4 is 16.0 Å². The van der Waals surface area contributed by atoms with Crippen molar-refractivity contribution in [1.82, 2.24) is 4.31 Å². The molecule has 1 aromatic rings. The number of rotatable bonds is 6. The summed E-state index contributed by atoms with van der Waals surface area (Å²) in [6.07, 6.45) is -1.34. The molecule has 2 rings (SSSR count). The van der Waals surface area contributed by atoms with Crippen LogP contribution >= 0.6 is 0 Å². The number of carbonyl (C=O) groups is 1. The molecule has 1 aliphatic heterocycles. The number of nitrogens with zero attached hydrogens (tertiary/aromatic N) is 1. The Labute approximate surface area is 129 Å². The third-order valence-corrected chi connectivity index (χ3v) is 5.40. The van der Waals surface area contributed by atoms with E-state index in [1.807, 2.05) is 6.92 Å². The molecule has 0 aromatic heterocycles. The van der Waals surface area contributed by atoms with Crippen molar-refractivity contribution in [2.45, 2.75) is 36.9 Å². The van der Waals surface area contributed by atoms with E-state index in [9.17, 15) is 18.3 Å². The Kier molecular flexibility index (Phi) is 4.86. The van der Waals surface area contributed by atoms with Crippen molar-refractivity contribution < 1.29 is 28.2 Å². The van der Waals surface area contributed by atoms with Crippen molar-refractivity contribution in [2.75, 3.05) is 13.2 Å². The summed E-state index contributed by atoms with van der Waals surface area (Å²) in [7, 11) is -3.94. The molecule has 0 radical (unpaired) electrons. The van der Waals surface area contributed by atoms with E-state index in [0.29, 0.717) is 0 Å². The van der Waals surface area contributed by atoms with Crippen LogP contribution in [-0.2, 0) is 19.6 Å². The van der Waals surface area contributed by atoms with Gasteiger partial charge in [-0.15, -0.1) is 0 Å². The first kappa shape index (κ1) is 16.9. The topological polar surface area (TPSA) is 104 Å². The summed E-state index contributed by atoms with van der Waals surface area (Å²) in [5, 5.41) is 18.8. The first-order valence-electron chi connectivity index (χ1n) is 6.90. The molecule has 1 aromatic carbocycles. The average molecular weight is 329 g/mol. The largest absolute Gasteiger partial charge is 0.465 e. The minimum Gasteiger partial charge on any atom is -0.465 e. The number of ether oxygens (including phenoxy) is 1. The molecule has 0 spiro atoms. The summed E-state index contributed by atoms with van der Waals surface area (Å²) in [5.74, 6) is -0.726. The van der Waals surface area contributed by atoms with Crippen molar-refractivity contribution in [3.05, 3.63) is 29.8 Å². The van der Waals surface area contributed by atoms with Crippen LogP contribution in [0, 0.1) is 6.92 Å². The number of carbonyl (C=O) groups excluding carboxylic acids is 1. The molecule has 8 heteroatoms. The van der Waals surface area contributed by atoms with Gasteiger partial charge in [0.2, 0.25) is 10.0 Å². The zero-order valence-electron chi connectivity index (χ0n) is 12.3. The minimum atomic E-state index is -3.94. The maximum Gasteiger partial charge on any atom is 0.326 e. The monoisotopic (exact) mass is 329 g/mol. The van der Waals surface area contributed by atoms with Gasteiger partial charge in [0.05, 0.1) is 30.3 Å². The van der Waals surface area contributed by atoms with Crippen LogP contribution < -0.4 is 0 Å². The van der Waals surface area contributed by atoms with Crippen LogP contribution in [0.4, 0.5) is 0 Å². The molecular weight excluding hydrogens is 310 g/mol. The molecule has 1 unspecified atom stereocenters. The molecule has 0 amide bonds. The molecule has 1 aliphatic rings. The fraction of sp³-hybridized carbons (Fsp3) is 0.500. The van der Waals surface area contributed by atoms with E-state index < -0.39 is 40.8 Å². The molecule has 122 valence electrons. The lowest BCUT2D eigenvalue weighted by atomic mass is 10.2. The van der Waals surface area contributed by atoms with Crippen LogP contribution in [0.2, 0.25) is 0 Å². The highest BCUT2D eigenvalue weighted by molar-refractivity contribution is 7.89. The lowest BCUT2D eigenvalue weighted by Crippen LogP contribution is -2.26. The Balaban J connectivity index is 2.31. The molecular formula is C14H19NO6S. The average Bonchev–Trinajstić information content (AvgIpc) is 3.23. The van der Waals surface area contributed by atoms with E-state index >= 15 is 0 Å². The molecule has 0 aliphatic carbocycles. The number of aliphatic hydroxyl groups excluding tert-OH is 2. The van der Waals surface area contributed by atoms with Gasteiger partial charge in [0, 0.05) is 0 Å². The van der Waals surface area contributed by atoms with Crippen LogP contribution in [0.5, 0.6) is 0 Å². The fourth-order valence-electron chi connectivity index (χ4n) is 2.33. The molecule has 1 saturated heterocycles. The summed E-state index contributed by atoms with van der Waals surface area (Å²) in [6.45, 7) is 2.90. The van der Waals surface area contributed by atoms with Crippen LogP contribution in [0.1, 0.15) is 12.5 Å². The van der Waals surface area contributed by atoms with Gasteiger partial charge in [0.15, 0.2) is 0 Å². The molecule has 7 nitrogen and oxygen atoms in total. The Morgan fingerprint density at radius 2 is 1.95 bits per heavy atom. The number of hydrogen-bond donors (Lipinski definition) is 2. The fourth-order valence-corrected chi connectivity index (χ4v) is 4.08. The van der Waals surface area contributed by atoms with Gasteiger partial charge in [-0.25, -0.2) is 8.42 Å². The molecule has 0 saturated carbocycles. The normalized spacial score (nSPS) is 25.5. The summed E-state index contributed by atoms with van der Waals surface area (Å²) in [5.41, 5.74) is 0.902. The number of esters is 1. The Morgan fingerprint density at radius 1 is 1.36 bits per heavy atom. The number of aryl methyl sites for hydroxylation is 1. The van der Waals surface area contributed by atoms with Gasteiger partial charge in [0.1, 0.15) is 6.04 Å². The number of benzene rings is 1. The minimum absolute atomic E-state index is 0.0278. The van der Waals surface area contributed by atoms with E-state index in [4.69, 9.17) is 9.84 Å². The predicted molar refractivity (Wildman–Crippen MR) is 77.5 cm³/mol. The van der Waals surface area contributed by atoms with Gasteiger partial charge in [-0.2, -0.15) is 4.31 Å². The Hall–Kier alpha value is -1.48. The van der Waals surface area contributed by atoms with E-state index in [2.05, 4.69) is 0 Å². The van der Waals surface area contributed by atoms with Gasteiger partial charge in [-0.1, -0.05) is 17.7 Å². The van der Waals surface area contributed by atoms with Gasteiger partial charge in [0.25, 0.3) is 0 Å². The standard InChI is InChI=1S/C14H19NO6S/c1-3-21-14(18)13-12(11(17)8-16)15(13)22(19,20)10-6-4-9(2)5-7-10/h4-7,11-13,16-17H,3,8H2,1-2H3/t11-,12+,13+,15?/m1/s1. The number of sulfonamides is 1. The first-order chi connectivity index (χ1) is 10.3. The third-order valence-electron chi connectivity index (χ3n) is 3.51. The van der Waals surface area contributed by atoms with Crippen LogP contribution in [0.3, 0.4) is 0 Å². The summed E-state index contributed by atoms with van der Waals surface area (Å²) in [6, 6.07) is 4.06. The van der Waals surface area contributed by atoms with E-state index in [-0.39, 0.29) is 11.5 Å². The van der Waals surface area contributed by atoms with Crippen molar-refractivity contribution in [3.8, 4) is 0 Å². The summed E-state index contributed by atoms with van der Waals surface area (Å²) >= 11 is 0. The molecule has 4 atom stereocenters. The smallest absolute Gasteiger partial charge is 0.326 e. The lowest BCUT2D eigenvalue weighted by Gasteiger charge is -2.08. The molecule has 1 fully saturated rings. The number of hydrogen-bond acceptors (Lipinski definition) is 6. The van der Waals surface area contributed by atoms with Crippen molar-refractivity contribution in [1.29, 1.82) is 0 Å². The second kappa shape index (κ2) is 6.33. The maximum atomic E-state index is 12.6. The van der Waals surface area contributed by atoms with Gasteiger partial charge < -0.3 is 14.9 Å². The molecule has 22 heavy (non-hydrogen) atoms. The van der Waals surface area contributed by atoms with E-state index in [1.165, 1.54) is 12.1 Å². The third kappa shape index (κ3) is 3.00. The summed E-state index contributed by atoms with van der Waals surface area (Å²) in [4.78, 5) is 11.9. The zero-order chi connectivity index (χ0) is 16.5. The molecule has 0 bridgehead atoms. The quantitative estimate of drug-likeness (QED) is 0.546. The van der Waals surface area contributed by atoms with Crippen LogP contribution in [0.25, 0.3) is 0 Å². The van der Waals surface area contributed by atoms with Gasteiger partial charge >= 0.3 is 5.97 Å². The van der Waals surface area contributed by atoms with Gasteiger partial charge in [-0.05, 0) is 26.0 Å². The second-order valence-corrected chi connectivity index (χ2v) is 6.93. The highest BCUT2D eigenvalue weighted by atomic mass is 32.2. The Bertz CT molecular complexity index is 642. The lowest BCUT2D eigenvalue weighted by molar-refractivity contribution is -0.143. The Morgan fingerprint density at radius 3 is 2.45 bits per heavy atom. The summed E-state index contributed by atoms with van der Waals surface area (Å²) < 4.78 is 30.9. The first-order valence-corrected chi connectivity index (χ1v) is 8.34. The predicted octanol–water partition coefficient (Wildman–Crippen LogP) is -0.347. The van der Waals surface area contributed by atoms with E-state index in [0.717, 1.165) is 9.87 Å². The van der Waals surface area contributed by atoms with Crippen molar-refractivity contribution in [3.63, 3.8) is 0 Å². The highest BCUT2D eigenvalue weighted by Crippen LogP contribution is 2.38. The number of aliphatic hydroxyl groups is 2. The SMILES string of the molecule is CCOC(=O)[C@@H]1[C@H]([C@H](O)CO)N1S(=O)(=O)c1ccc(C)cc1. The highest BCUT2D eigenvalue weighted by Gasteiger charge is 2.63. The maximum absolute atomic E-state index is 12.6. The van der Waals surface area contributed by atoms with Crippen LogP contribution in [-0.4, -0.2) is 60.3 Å². The zero-order valence-corrected chi connectivity index (χ0v) is 13.2. The van der Waals surface area contributed by atoms with Crippen molar-refractivity contribution in [2.24, 2.45) is 0 Å². The molecule has 2 N–H and O–H groups in total. The van der Waals surface area contributed by atoms with E-state index in [1.54, 1.807) is 19.1 Å². The van der Waals surface area contributed by atoms with Crippen LogP contribution in [0.15, 0.2) is 29.2 Å². The second-order valence-electron chi connectivity index (χ2n) is 5.09. The molecule has 1 heterocycles. The van der Waals surface area contributed by atoms with Gasteiger partial charge in [-0.3, -0.25) is 4.79 Å².